The normalized spacial score (nSPS) is 11.1. The van der Waals surface area contributed by atoms with Crippen LogP contribution in [0.25, 0.3) is 43.1 Å². The van der Waals surface area contributed by atoms with E-state index < -0.39 is 0 Å². The highest BCUT2D eigenvalue weighted by Gasteiger charge is 2.11. The summed E-state index contributed by atoms with van der Waals surface area (Å²) in [4.78, 5) is 0. The molecule has 1 N–H and O–H groups in total. The average Bonchev–Trinajstić information content (AvgIpc) is 2.73. The van der Waals surface area contributed by atoms with Crippen LogP contribution in [0.15, 0.2) is 103 Å². The lowest BCUT2D eigenvalue weighted by Crippen LogP contribution is -1.85. The molecule has 0 spiro atoms. The lowest BCUT2D eigenvalue weighted by atomic mass is 9.90. The van der Waals surface area contributed by atoms with E-state index in [1.54, 1.807) is 24.3 Å². The molecule has 0 unspecified atom stereocenters. The fourth-order valence-electron chi connectivity index (χ4n) is 4.01. The molecule has 0 amide bonds. The Labute approximate surface area is 157 Å². The van der Waals surface area contributed by atoms with Gasteiger partial charge in [0.15, 0.2) is 0 Å². The number of aromatic hydroxyl groups is 1. The molecule has 0 saturated carbocycles. The van der Waals surface area contributed by atoms with Gasteiger partial charge in [0.1, 0.15) is 5.75 Å². The molecule has 0 heterocycles. The maximum absolute atomic E-state index is 8.63. The Morgan fingerprint density at radius 2 is 0.741 bits per heavy atom. The van der Waals surface area contributed by atoms with E-state index in [2.05, 4.69) is 72.8 Å². The van der Waals surface area contributed by atoms with Crippen molar-refractivity contribution in [3.05, 3.63) is 103 Å². The van der Waals surface area contributed by atoms with E-state index in [9.17, 15) is 0 Å². The molecule has 1 heteroatoms. The van der Waals surface area contributed by atoms with E-state index in [-0.39, 0.29) is 0 Å². The van der Waals surface area contributed by atoms with Crippen LogP contribution in [-0.4, -0.2) is 5.11 Å². The topological polar surface area (TPSA) is 20.2 Å². The molecule has 0 bridgehead atoms. The maximum Gasteiger partial charge on any atom is 0.115 e. The fraction of sp³-hybridized carbons (Fsp3) is 0. The second kappa shape index (κ2) is 6.30. The van der Waals surface area contributed by atoms with E-state index in [0.29, 0.717) is 5.75 Å². The number of fused-ring (bicyclic) bond motifs is 2. The van der Waals surface area contributed by atoms with Gasteiger partial charge < -0.3 is 5.11 Å². The molecule has 0 aliphatic heterocycles. The molecule has 0 aliphatic carbocycles. The summed E-state index contributed by atoms with van der Waals surface area (Å²) in [5, 5.41) is 19.5. The summed E-state index contributed by atoms with van der Waals surface area (Å²) in [7, 11) is 0. The molecule has 1 nitrogen and oxygen atoms in total. The van der Waals surface area contributed by atoms with Crippen molar-refractivity contribution in [2.24, 2.45) is 0 Å². The van der Waals surface area contributed by atoms with Crippen LogP contribution in [0.4, 0.5) is 0 Å². The zero-order chi connectivity index (χ0) is 18.2. The average molecular weight is 346 g/mol. The minimum Gasteiger partial charge on any atom is -0.508 e. The molecular weight excluding hydrogens is 328 g/mol. The van der Waals surface area contributed by atoms with Crippen molar-refractivity contribution in [2.75, 3.05) is 0 Å². The van der Waals surface area contributed by atoms with Crippen LogP contribution in [0.3, 0.4) is 0 Å². The molecule has 6 rings (SSSR count). The first-order valence-electron chi connectivity index (χ1n) is 9.11. The molecule has 0 fully saturated rings. The van der Waals surface area contributed by atoms with Crippen molar-refractivity contribution in [3.8, 4) is 5.75 Å². The van der Waals surface area contributed by atoms with Gasteiger partial charge in [0, 0.05) is 0 Å². The SMILES string of the molecule is Oc1ccccc1.c1cc2cccc3c4cccc5cccc(c(c1)c23)c54. The Kier molecular flexibility index (Phi) is 3.65. The molecule has 6 aromatic carbocycles. The van der Waals surface area contributed by atoms with Crippen molar-refractivity contribution in [3.63, 3.8) is 0 Å². The monoisotopic (exact) mass is 346 g/mol. The summed E-state index contributed by atoms with van der Waals surface area (Å²) < 4.78 is 0. The van der Waals surface area contributed by atoms with Crippen molar-refractivity contribution in [1.82, 2.24) is 0 Å². The lowest BCUT2D eigenvalue weighted by molar-refractivity contribution is 0.475. The van der Waals surface area contributed by atoms with Gasteiger partial charge in [0.2, 0.25) is 0 Å². The van der Waals surface area contributed by atoms with Gasteiger partial charge >= 0.3 is 0 Å². The third kappa shape index (κ3) is 2.56. The van der Waals surface area contributed by atoms with E-state index in [1.165, 1.54) is 43.1 Å². The van der Waals surface area contributed by atoms with E-state index in [4.69, 9.17) is 5.11 Å². The quantitative estimate of drug-likeness (QED) is 0.229. The van der Waals surface area contributed by atoms with Gasteiger partial charge in [-0.2, -0.15) is 0 Å². The number of rotatable bonds is 0. The van der Waals surface area contributed by atoms with Crippen molar-refractivity contribution in [1.29, 1.82) is 0 Å². The van der Waals surface area contributed by atoms with Crippen LogP contribution in [0.5, 0.6) is 5.75 Å². The van der Waals surface area contributed by atoms with Gasteiger partial charge in [0.05, 0.1) is 0 Å². The number of hydrogen-bond donors (Lipinski definition) is 1. The first kappa shape index (κ1) is 15.7. The Morgan fingerprint density at radius 1 is 0.370 bits per heavy atom. The van der Waals surface area contributed by atoms with Crippen molar-refractivity contribution in [2.45, 2.75) is 0 Å². The fourth-order valence-corrected chi connectivity index (χ4v) is 4.01. The molecule has 27 heavy (non-hydrogen) atoms. The van der Waals surface area contributed by atoms with E-state index in [0.717, 1.165) is 0 Å². The largest absolute Gasteiger partial charge is 0.508 e. The van der Waals surface area contributed by atoms with Crippen molar-refractivity contribution < 1.29 is 5.11 Å². The Morgan fingerprint density at radius 3 is 1.04 bits per heavy atom. The smallest absolute Gasteiger partial charge is 0.115 e. The molecular formula is C26H18O. The standard InChI is InChI=1S/C20H12.C6H6O/c1-5-13-6-2-11-17-18-12-4-8-14-7-3-10-16(20(14)18)15(9-1)19(13)17;7-6-4-2-1-3-5-6/h1-12H;1-5,7H. The van der Waals surface area contributed by atoms with E-state index in [1.807, 2.05) is 6.07 Å². The first-order valence-corrected chi connectivity index (χ1v) is 9.11. The highest BCUT2D eigenvalue weighted by atomic mass is 16.3. The van der Waals surface area contributed by atoms with Crippen LogP contribution < -0.4 is 0 Å². The second-order valence-electron chi connectivity index (χ2n) is 6.75. The molecule has 0 atom stereocenters. The zero-order valence-electron chi connectivity index (χ0n) is 14.8. The molecule has 0 radical (unpaired) electrons. The third-order valence-corrected chi connectivity index (χ3v) is 5.15. The number of phenols is 1. The molecule has 0 saturated heterocycles. The summed E-state index contributed by atoms with van der Waals surface area (Å²) in [6, 6.07) is 35.2. The van der Waals surface area contributed by atoms with E-state index >= 15 is 0 Å². The Hall–Kier alpha value is -3.58. The van der Waals surface area contributed by atoms with Gasteiger partial charge in [-0.05, 0) is 55.2 Å². The number of hydrogen-bond acceptors (Lipinski definition) is 1. The minimum atomic E-state index is 0.322. The summed E-state index contributed by atoms with van der Waals surface area (Å²) >= 11 is 0. The van der Waals surface area contributed by atoms with Crippen LogP contribution >= 0.6 is 0 Å². The van der Waals surface area contributed by atoms with Crippen molar-refractivity contribution >= 4 is 43.1 Å². The minimum absolute atomic E-state index is 0.322. The summed E-state index contributed by atoms with van der Waals surface area (Å²) in [5.74, 6) is 0.322. The van der Waals surface area contributed by atoms with Gasteiger partial charge in [0.25, 0.3) is 0 Å². The highest BCUT2D eigenvalue weighted by Crippen LogP contribution is 2.39. The first-order chi connectivity index (χ1) is 13.3. The number of phenolic OH excluding ortho intramolecular Hbond substituents is 1. The summed E-state index contributed by atoms with van der Waals surface area (Å²) in [5.41, 5.74) is 0. The van der Waals surface area contributed by atoms with Gasteiger partial charge in [-0.1, -0.05) is 91.0 Å². The third-order valence-electron chi connectivity index (χ3n) is 5.15. The molecule has 0 aromatic heterocycles. The molecule has 6 aromatic rings. The lowest BCUT2D eigenvalue weighted by Gasteiger charge is -2.13. The van der Waals surface area contributed by atoms with Gasteiger partial charge in [-0.15, -0.1) is 0 Å². The zero-order valence-corrected chi connectivity index (χ0v) is 14.8. The van der Waals surface area contributed by atoms with Crippen LogP contribution in [0.1, 0.15) is 0 Å². The molecule has 128 valence electrons. The summed E-state index contributed by atoms with van der Waals surface area (Å²) in [6.07, 6.45) is 0. The van der Waals surface area contributed by atoms with Crippen LogP contribution in [0.2, 0.25) is 0 Å². The second-order valence-corrected chi connectivity index (χ2v) is 6.75. The van der Waals surface area contributed by atoms with Gasteiger partial charge in [-0.25, -0.2) is 0 Å². The Bertz CT molecular complexity index is 1200. The number of benzene rings is 6. The predicted molar refractivity (Wildman–Crippen MR) is 116 cm³/mol. The summed E-state index contributed by atoms with van der Waals surface area (Å²) in [6.45, 7) is 0. The number of para-hydroxylation sites is 1. The van der Waals surface area contributed by atoms with Crippen LogP contribution in [-0.2, 0) is 0 Å². The molecule has 0 aliphatic rings. The maximum atomic E-state index is 8.63. The van der Waals surface area contributed by atoms with Crippen LogP contribution in [0, 0.1) is 0 Å². The highest BCUT2D eigenvalue weighted by molar-refractivity contribution is 6.32. The van der Waals surface area contributed by atoms with Gasteiger partial charge in [-0.3, -0.25) is 0 Å². The Balaban J connectivity index is 0.000000195. The predicted octanol–water partition coefficient (Wildman–Crippen LogP) is 7.13.